The first-order chi connectivity index (χ1) is 11.3. The van der Waals surface area contributed by atoms with E-state index < -0.39 is 0 Å². The lowest BCUT2D eigenvalue weighted by molar-refractivity contribution is 0.0945. The Labute approximate surface area is 133 Å². The average molecular weight is 306 g/mol. The molecule has 0 atom stereocenters. The van der Waals surface area contributed by atoms with Gasteiger partial charge in [0.25, 0.3) is 5.91 Å². The van der Waals surface area contributed by atoms with Crippen LogP contribution in [0.2, 0.25) is 0 Å². The highest BCUT2D eigenvalue weighted by molar-refractivity contribution is 5.91. The van der Waals surface area contributed by atoms with Crippen molar-refractivity contribution in [2.24, 2.45) is 0 Å². The topological polar surface area (TPSA) is 77.0 Å². The summed E-state index contributed by atoms with van der Waals surface area (Å²) >= 11 is 0. The van der Waals surface area contributed by atoms with Crippen LogP contribution in [0.25, 0.3) is 0 Å². The average Bonchev–Trinajstić information content (AvgIpc) is 2.62. The lowest BCUT2D eigenvalue weighted by Crippen LogP contribution is -2.23. The summed E-state index contributed by atoms with van der Waals surface area (Å²) in [7, 11) is 0. The second kappa shape index (κ2) is 7.13. The number of carbonyl (C=O) groups excluding carboxylic acids is 1. The minimum Gasteiger partial charge on any atom is -0.439 e. The lowest BCUT2D eigenvalue weighted by Gasteiger charge is -2.08. The Morgan fingerprint density at radius 1 is 1.04 bits per heavy atom. The molecule has 2 heterocycles. The van der Waals surface area contributed by atoms with Crippen LogP contribution in [-0.2, 0) is 6.54 Å². The van der Waals surface area contributed by atoms with Crippen LogP contribution in [0.3, 0.4) is 0 Å². The zero-order valence-electron chi connectivity index (χ0n) is 12.2. The number of carbonyl (C=O) groups is 1. The molecule has 1 amide bonds. The third-order valence-electron chi connectivity index (χ3n) is 3.01. The lowest BCUT2D eigenvalue weighted by atomic mass is 10.2. The van der Waals surface area contributed by atoms with Gasteiger partial charge in [-0.1, -0.05) is 18.2 Å². The molecular formula is C17H14N4O2. The largest absolute Gasteiger partial charge is 0.439 e. The molecule has 6 nitrogen and oxygen atoms in total. The van der Waals surface area contributed by atoms with Crippen LogP contribution in [0.4, 0.5) is 0 Å². The molecule has 0 radical (unpaired) electrons. The number of rotatable bonds is 5. The summed E-state index contributed by atoms with van der Waals surface area (Å²) in [6.07, 6.45) is 6.10. The molecule has 0 saturated heterocycles. The van der Waals surface area contributed by atoms with Gasteiger partial charge in [-0.15, -0.1) is 0 Å². The highest BCUT2D eigenvalue weighted by Crippen LogP contribution is 2.19. The van der Waals surface area contributed by atoms with Crippen LogP contribution >= 0.6 is 0 Å². The van der Waals surface area contributed by atoms with E-state index in [2.05, 4.69) is 20.3 Å². The number of benzene rings is 1. The third kappa shape index (κ3) is 4.10. The summed E-state index contributed by atoms with van der Waals surface area (Å²) in [4.78, 5) is 23.9. The van der Waals surface area contributed by atoms with E-state index in [1.165, 1.54) is 18.6 Å². The van der Waals surface area contributed by atoms with Crippen LogP contribution in [0.1, 0.15) is 16.1 Å². The van der Waals surface area contributed by atoms with Crippen molar-refractivity contribution in [3.63, 3.8) is 0 Å². The Bertz CT molecular complexity index is 779. The number of hydrogen-bond acceptors (Lipinski definition) is 5. The number of amides is 1. The Morgan fingerprint density at radius 2 is 2.00 bits per heavy atom. The molecule has 23 heavy (non-hydrogen) atoms. The van der Waals surface area contributed by atoms with Gasteiger partial charge in [-0.05, 0) is 23.8 Å². The van der Waals surface area contributed by atoms with Crippen molar-refractivity contribution in [3.05, 3.63) is 78.5 Å². The summed E-state index contributed by atoms with van der Waals surface area (Å²) in [5, 5.41) is 2.79. The highest BCUT2D eigenvalue weighted by atomic mass is 16.5. The molecule has 0 aliphatic rings. The molecule has 0 fully saturated rings. The molecule has 1 N–H and O–H groups in total. The fraction of sp³-hybridized carbons (Fsp3) is 0.0588. The molecule has 3 aromatic rings. The van der Waals surface area contributed by atoms with E-state index in [0.717, 1.165) is 5.56 Å². The van der Waals surface area contributed by atoms with Gasteiger partial charge in [-0.3, -0.25) is 9.78 Å². The molecule has 0 aliphatic heterocycles. The molecule has 0 saturated carbocycles. The second-order valence-electron chi connectivity index (χ2n) is 4.69. The molecule has 0 unspecified atom stereocenters. The van der Waals surface area contributed by atoms with Gasteiger partial charge in [-0.2, -0.15) is 0 Å². The van der Waals surface area contributed by atoms with E-state index in [0.29, 0.717) is 18.2 Å². The molecule has 1 aromatic carbocycles. The Hall–Kier alpha value is -3.28. The minimum absolute atomic E-state index is 0.269. The summed E-state index contributed by atoms with van der Waals surface area (Å²) in [5.74, 6) is 0.914. The zero-order chi connectivity index (χ0) is 15.9. The molecular weight excluding hydrogens is 292 g/mol. The smallest absolute Gasteiger partial charge is 0.271 e. The Balaban J connectivity index is 1.63. The van der Waals surface area contributed by atoms with Crippen molar-refractivity contribution in [1.29, 1.82) is 0 Å². The predicted octanol–water partition coefficient (Wildman–Crippen LogP) is 2.59. The highest BCUT2D eigenvalue weighted by Gasteiger charge is 2.07. The third-order valence-corrected chi connectivity index (χ3v) is 3.01. The van der Waals surface area contributed by atoms with E-state index in [4.69, 9.17) is 4.74 Å². The Kier molecular flexibility index (Phi) is 4.54. The predicted molar refractivity (Wildman–Crippen MR) is 84.0 cm³/mol. The van der Waals surface area contributed by atoms with Crippen molar-refractivity contribution in [2.45, 2.75) is 6.54 Å². The fourth-order valence-corrected chi connectivity index (χ4v) is 1.94. The van der Waals surface area contributed by atoms with Crippen LogP contribution in [0.15, 0.2) is 67.3 Å². The number of nitrogens with zero attached hydrogens (tertiary/aromatic N) is 3. The van der Waals surface area contributed by atoms with E-state index in [9.17, 15) is 4.79 Å². The minimum atomic E-state index is -0.269. The van der Waals surface area contributed by atoms with Gasteiger partial charge in [0, 0.05) is 31.2 Å². The van der Waals surface area contributed by atoms with Gasteiger partial charge in [0.15, 0.2) is 0 Å². The van der Waals surface area contributed by atoms with E-state index in [1.807, 2.05) is 36.4 Å². The maximum atomic E-state index is 11.9. The van der Waals surface area contributed by atoms with Crippen molar-refractivity contribution in [1.82, 2.24) is 20.3 Å². The number of pyridine rings is 1. The summed E-state index contributed by atoms with van der Waals surface area (Å²) < 4.78 is 5.66. The first-order valence-electron chi connectivity index (χ1n) is 7.03. The van der Waals surface area contributed by atoms with Crippen LogP contribution < -0.4 is 10.1 Å². The van der Waals surface area contributed by atoms with Crippen molar-refractivity contribution in [2.75, 3.05) is 0 Å². The van der Waals surface area contributed by atoms with Crippen LogP contribution in [-0.4, -0.2) is 20.9 Å². The van der Waals surface area contributed by atoms with Crippen LogP contribution in [0.5, 0.6) is 11.6 Å². The van der Waals surface area contributed by atoms with Gasteiger partial charge in [0.2, 0.25) is 5.88 Å². The molecule has 2 aromatic heterocycles. The SMILES string of the molecule is O=C(NCc1cccc(Oc2ccccn2)c1)c1cnccn1. The molecule has 6 heteroatoms. The normalized spacial score (nSPS) is 10.1. The van der Waals surface area contributed by atoms with Gasteiger partial charge < -0.3 is 10.1 Å². The van der Waals surface area contributed by atoms with Gasteiger partial charge in [0.05, 0.1) is 6.20 Å². The maximum absolute atomic E-state index is 11.9. The van der Waals surface area contributed by atoms with Gasteiger partial charge >= 0.3 is 0 Å². The summed E-state index contributed by atoms with van der Waals surface area (Å²) in [6, 6.07) is 12.9. The van der Waals surface area contributed by atoms with Gasteiger partial charge in [-0.25, -0.2) is 9.97 Å². The molecule has 3 rings (SSSR count). The first kappa shape index (κ1) is 14.6. The van der Waals surface area contributed by atoms with Crippen molar-refractivity contribution >= 4 is 5.91 Å². The number of nitrogens with one attached hydrogen (secondary N) is 1. The second-order valence-corrected chi connectivity index (χ2v) is 4.69. The summed E-state index contributed by atoms with van der Waals surface area (Å²) in [5.41, 5.74) is 1.20. The number of ether oxygens (including phenoxy) is 1. The maximum Gasteiger partial charge on any atom is 0.271 e. The van der Waals surface area contributed by atoms with Gasteiger partial charge in [0.1, 0.15) is 11.4 Å². The zero-order valence-corrected chi connectivity index (χ0v) is 12.2. The van der Waals surface area contributed by atoms with Crippen molar-refractivity contribution < 1.29 is 9.53 Å². The van der Waals surface area contributed by atoms with Crippen molar-refractivity contribution in [3.8, 4) is 11.6 Å². The van der Waals surface area contributed by atoms with E-state index >= 15 is 0 Å². The van der Waals surface area contributed by atoms with E-state index in [1.54, 1.807) is 12.3 Å². The molecule has 0 aliphatic carbocycles. The Morgan fingerprint density at radius 3 is 2.78 bits per heavy atom. The number of aromatic nitrogens is 3. The monoisotopic (exact) mass is 306 g/mol. The number of hydrogen-bond donors (Lipinski definition) is 1. The van der Waals surface area contributed by atoms with Crippen LogP contribution in [0, 0.1) is 0 Å². The van der Waals surface area contributed by atoms with E-state index in [-0.39, 0.29) is 11.6 Å². The fourth-order valence-electron chi connectivity index (χ4n) is 1.94. The molecule has 0 spiro atoms. The first-order valence-corrected chi connectivity index (χ1v) is 7.03. The summed E-state index contributed by atoms with van der Waals surface area (Å²) in [6.45, 7) is 0.370. The molecule has 0 bridgehead atoms. The molecule has 114 valence electrons. The standard InChI is InChI=1S/C17H14N4O2/c22-17(15-12-18-8-9-19-15)21-11-13-4-3-5-14(10-13)23-16-6-1-2-7-20-16/h1-10,12H,11H2,(H,21,22). The quantitative estimate of drug-likeness (QED) is 0.784.